The molecule has 0 saturated heterocycles. The molecule has 1 atom stereocenters. The number of benzene rings is 2. The van der Waals surface area contributed by atoms with E-state index in [1.807, 2.05) is 6.92 Å². The molecular formula is C18H21F2N. The predicted molar refractivity (Wildman–Crippen MR) is 82.0 cm³/mol. The summed E-state index contributed by atoms with van der Waals surface area (Å²) in [5.41, 5.74) is 2.97. The summed E-state index contributed by atoms with van der Waals surface area (Å²) in [5, 5.41) is 3.26. The van der Waals surface area contributed by atoms with Crippen LogP contribution in [0.25, 0.3) is 0 Å². The average molecular weight is 289 g/mol. The fraction of sp³-hybridized carbons (Fsp3) is 0.333. The van der Waals surface area contributed by atoms with Gasteiger partial charge >= 0.3 is 0 Å². The van der Waals surface area contributed by atoms with Crippen LogP contribution in [-0.2, 0) is 13.0 Å². The Kier molecular flexibility index (Phi) is 5.45. The van der Waals surface area contributed by atoms with E-state index in [0.717, 1.165) is 24.5 Å². The molecule has 21 heavy (non-hydrogen) atoms. The lowest BCUT2D eigenvalue weighted by Gasteiger charge is -2.15. The van der Waals surface area contributed by atoms with Crippen LogP contribution in [0.15, 0.2) is 42.5 Å². The van der Waals surface area contributed by atoms with Crippen LogP contribution < -0.4 is 5.32 Å². The van der Waals surface area contributed by atoms with Crippen LogP contribution in [0.4, 0.5) is 8.78 Å². The van der Waals surface area contributed by atoms with Crippen LogP contribution in [0, 0.1) is 11.6 Å². The molecule has 1 nitrogen and oxygen atoms in total. The van der Waals surface area contributed by atoms with Crippen LogP contribution in [0.2, 0.25) is 0 Å². The molecule has 1 N–H and O–H groups in total. The van der Waals surface area contributed by atoms with Crippen LogP contribution in [0.5, 0.6) is 0 Å². The van der Waals surface area contributed by atoms with Crippen molar-refractivity contribution in [2.75, 3.05) is 0 Å². The Bertz CT molecular complexity index is 578. The molecule has 0 aliphatic rings. The van der Waals surface area contributed by atoms with Gasteiger partial charge in [0, 0.05) is 24.2 Å². The second kappa shape index (κ2) is 7.32. The quantitative estimate of drug-likeness (QED) is 0.808. The molecule has 0 fully saturated rings. The van der Waals surface area contributed by atoms with Crippen LogP contribution in [-0.4, -0.2) is 0 Å². The summed E-state index contributed by atoms with van der Waals surface area (Å²) in [6.45, 7) is 4.58. The molecule has 0 spiro atoms. The summed E-state index contributed by atoms with van der Waals surface area (Å²) in [6, 6.07) is 12.3. The van der Waals surface area contributed by atoms with E-state index in [9.17, 15) is 8.78 Å². The van der Waals surface area contributed by atoms with Crippen LogP contribution in [0.3, 0.4) is 0 Å². The van der Waals surface area contributed by atoms with Crippen LogP contribution in [0.1, 0.15) is 43.0 Å². The second-order valence-electron chi connectivity index (χ2n) is 5.33. The first-order valence-electron chi connectivity index (χ1n) is 7.36. The smallest absolute Gasteiger partial charge is 0.130 e. The number of halogens is 2. The Hall–Kier alpha value is -1.74. The lowest BCUT2D eigenvalue weighted by Crippen LogP contribution is -2.18. The van der Waals surface area contributed by atoms with Crippen molar-refractivity contribution in [3.8, 4) is 0 Å². The van der Waals surface area contributed by atoms with Gasteiger partial charge in [-0.1, -0.05) is 43.7 Å². The van der Waals surface area contributed by atoms with Crippen LogP contribution >= 0.6 is 0 Å². The molecule has 0 saturated carbocycles. The lowest BCUT2D eigenvalue weighted by molar-refractivity contribution is 0.533. The van der Waals surface area contributed by atoms with Gasteiger partial charge in [0.1, 0.15) is 11.6 Å². The molecule has 0 amide bonds. The molecule has 0 heterocycles. The van der Waals surface area contributed by atoms with E-state index in [-0.39, 0.29) is 6.04 Å². The molecule has 2 aromatic carbocycles. The fourth-order valence-electron chi connectivity index (χ4n) is 2.31. The molecule has 0 bridgehead atoms. The molecule has 0 aliphatic heterocycles. The number of hydrogen-bond acceptors (Lipinski definition) is 1. The Morgan fingerprint density at radius 2 is 1.76 bits per heavy atom. The highest BCUT2D eigenvalue weighted by molar-refractivity contribution is 5.25. The molecule has 112 valence electrons. The molecule has 2 aromatic rings. The van der Waals surface area contributed by atoms with Crippen molar-refractivity contribution in [2.45, 2.75) is 39.3 Å². The largest absolute Gasteiger partial charge is 0.306 e. The van der Waals surface area contributed by atoms with Gasteiger partial charge in [0.25, 0.3) is 0 Å². The van der Waals surface area contributed by atoms with Gasteiger partial charge in [-0.2, -0.15) is 0 Å². The fourth-order valence-corrected chi connectivity index (χ4v) is 2.31. The molecule has 1 unspecified atom stereocenters. The van der Waals surface area contributed by atoms with Gasteiger partial charge in [-0.25, -0.2) is 8.78 Å². The van der Waals surface area contributed by atoms with Crippen molar-refractivity contribution >= 4 is 0 Å². The maximum atomic E-state index is 13.6. The van der Waals surface area contributed by atoms with Gasteiger partial charge in [-0.15, -0.1) is 0 Å². The maximum absolute atomic E-state index is 13.6. The Balaban J connectivity index is 1.96. The van der Waals surface area contributed by atoms with E-state index in [0.29, 0.717) is 12.1 Å². The average Bonchev–Trinajstić information content (AvgIpc) is 2.47. The van der Waals surface area contributed by atoms with Gasteiger partial charge < -0.3 is 5.32 Å². The minimum Gasteiger partial charge on any atom is -0.306 e. The molecule has 2 rings (SSSR count). The highest BCUT2D eigenvalue weighted by Gasteiger charge is 2.08. The first-order valence-corrected chi connectivity index (χ1v) is 7.36. The van der Waals surface area contributed by atoms with Gasteiger partial charge in [0.2, 0.25) is 0 Å². The summed E-state index contributed by atoms with van der Waals surface area (Å²) in [4.78, 5) is 0. The molecule has 0 aromatic heterocycles. The first kappa shape index (κ1) is 15.6. The third-order valence-corrected chi connectivity index (χ3v) is 3.63. The van der Waals surface area contributed by atoms with Gasteiger partial charge in [-0.3, -0.25) is 0 Å². The monoisotopic (exact) mass is 289 g/mol. The summed E-state index contributed by atoms with van der Waals surface area (Å²) in [7, 11) is 0. The maximum Gasteiger partial charge on any atom is 0.130 e. The topological polar surface area (TPSA) is 12.0 Å². The van der Waals surface area contributed by atoms with Crippen molar-refractivity contribution in [2.24, 2.45) is 0 Å². The summed E-state index contributed by atoms with van der Waals surface area (Å²) < 4.78 is 26.4. The molecule has 0 aliphatic carbocycles. The van der Waals surface area contributed by atoms with Gasteiger partial charge in [-0.05, 0) is 30.5 Å². The predicted octanol–water partition coefficient (Wildman–Crippen LogP) is 4.77. The zero-order valence-corrected chi connectivity index (χ0v) is 12.5. The third-order valence-electron chi connectivity index (χ3n) is 3.63. The van der Waals surface area contributed by atoms with E-state index in [4.69, 9.17) is 0 Å². The first-order chi connectivity index (χ1) is 10.1. The van der Waals surface area contributed by atoms with E-state index < -0.39 is 11.6 Å². The summed E-state index contributed by atoms with van der Waals surface area (Å²) in [5.74, 6) is -1.05. The van der Waals surface area contributed by atoms with E-state index >= 15 is 0 Å². The second-order valence-corrected chi connectivity index (χ2v) is 5.33. The summed E-state index contributed by atoms with van der Waals surface area (Å²) >= 11 is 0. The van der Waals surface area contributed by atoms with Gasteiger partial charge in [0.05, 0.1) is 0 Å². The Labute approximate surface area is 125 Å². The minimum atomic E-state index is -0.546. The van der Waals surface area contributed by atoms with E-state index in [1.54, 1.807) is 0 Å². The Morgan fingerprint density at radius 1 is 1.05 bits per heavy atom. The van der Waals surface area contributed by atoms with Crippen molar-refractivity contribution in [1.82, 2.24) is 5.32 Å². The number of rotatable bonds is 6. The zero-order chi connectivity index (χ0) is 15.2. The van der Waals surface area contributed by atoms with E-state index in [2.05, 4.69) is 36.5 Å². The van der Waals surface area contributed by atoms with Crippen molar-refractivity contribution in [1.29, 1.82) is 0 Å². The highest BCUT2D eigenvalue weighted by Crippen LogP contribution is 2.16. The minimum absolute atomic E-state index is 0.116. The number of hydrogen-bond donors (Lipinski definition) is 1. The highest BCUT2D eigenvalue weighted by atomic mass is 19.1. The summed E-state index contributed by atoms with van der Waals surface area (Å²) in [6.07, 6.45) is 2.22. The molecule has 3 heteroatoms. The Morgan fingerprint density at radius 3 is 2.38 bits per heavy atom. The zero-order valence-electron chi connectivity index (χ0n) is 12.5. The normalized spacial score (nSPS) is 12.4. The van der Waals surface area contributed by atoms with Crippen molar-refractivity contribution < 1.29 is 8.78 Å². The number of nitrogens with one attached hydrogen (secondary N) is 1. The van der Waals surface area contributed by atoms with Gasteiger partial charge in [0.15, 0.2) is 0 Å². The molecular weight excluding hydrogens is 268 g/mol. The molecule has 0 radical (unpaired) electrons. The lowest BCUT2D eigenvalue weighted by atomic mass is 10.0. The van der Waals surface area contributed by atoms with Crippen molar-refractivity contribution in [3.63, 3.8) is 0 Å². The number of aryl methyl sites for hydroxylation is 1. The van der Waals surface area contributed by atoms with E-state index in [1.165, 1.54) is 17.7 Å². The SMILES string of the molecule is CCCc1ccc(C(C)NCc2ccc(F)cc2F)cc1. The third kappa shape index (κ3) is 4.36. The van der Waals surface area contributed by atoms with Crippen molar-refractivity contribution in [3.05, 3.63) is 70.8 Å². The standard InChI is InChI=1S/C18H21F2N/c1-3-4-14-5-7-15(8-6-14)13(2)21-12-16-9-10-17(19)11-18(16)20/h5-11,13,21H,3-4,12H2,1-2H3.